The number of rotatable bonds is 6. The zero-order chi connectivity index (χ0) is 25.5. The number of ether oxygens (including phenoxy) is 3. The number of pyridine rings is 1. The molecule has 0 saturated carbocycles. The molecule has 2 aromatic carbocycles. The lowest BCUT2D eigenvalue weighted by molar-refractivity contribution is -0.119. The number of carbonyl (C=O) groups excluding carboxylic acids is 1. The van der Waals surface area contributed by atoms with Crippen LogP contribution in [0.3, 0.4) is 0 Å². The Bertz CT molecular complexity index is 1440. The van der Waals surface area contributed by atoms with Crippen molar-refractivity contribution >= 4 is 28.7 Å². The minimum atomic E-state index is -0.641. The van der Waals surface area contributed by atoms with Crippen molar-refractivity contribution < 1.29 is 24.1 Å². The number of hydrogen-bond acceptors (Lipinski definition) is 7. The summed E-state index contributed by atoms with van der Waals surface area (Å²) in [6, 6.07) is 18.1. The van der Waals surface area contributed by atoms with Gasteiger partial charge in [0.05, 0.1) is 29.4 Å². The van der Waals surface area contributed by atoms with Crippen molar-refractivity contribution in [2.24, 2.45) is 0 Å². The van der Waals surface area contributed by atoms with Gasteiger partial charge in [0.15, 0.2) is 11.8 Å². The van der Waals surface area contributed by atoms with Gasteiger partial charge in [0.2, 0.25) is 5.91 Å². The van der Waals surface area contributed by atoms with E-state index in [0.29, 0.717) is 41.0 Å². The smallest absolute Gasteiger partial charge is 0.296 e. The lowest BCUT2D eigenvalue weighted by Crippen LogP contribution is -2.34. The predicted molar refractivity (Wildman–Crippen MR) is 137 cm³/mol. The number of nitrogens with one attached hydrogen (secondary N) is 2. The molecule has 2 saturated heterocycles. The van der Waals surface area contributed by atoms with Crippen molar-refractivity contribution in [3.8, 4) is 28.4 Å². The van der Waals surface area contributed by atoms with Gasteiger partial charge in [-0.1, -0.05) is 60.1 Å². The molecule has 190 valence electrons. The van der Waals surface area contributed by atoms with E-state index in [9.17, 15) is 9.90 Å². The first-order valence-corrected chi connectivity index (χ1v) is 12.4. The van der Waals surface area contributed by atoms with Crippen LogP contribution < -0.4 is 10.1 Å². The topological polar surface area (TPSA) is 119 Å². The number of aromatic nitrogens is 3. The summed E-state index contributed by atoms with van der Waals surface area (Å²) >= 11 is 6.58. The van der Waals surface area contributed by atoms with Gasteiger partial charge in [-0.2, -0.15) is 4.98 Å². The van der Waals surface area contributed by atoms with Crippen LogP contribution in [0.4, 0.5) is 0 Å². The van der Waals surface area contributed by atoms with Gasteiger partial charge in [-0.3, -0.25) is 4.79 Å². The van der Waals surface area contributed by atoms with Crippen LogP contribution >= 0.6 is 11.6 Å². The van der Waals surface area contributed by atoms with Gasteiger partial charge in [-0.15, -0.1) is 0 Å². The Labute approximate surface area is 217 Å². The molecule has 0 bridgehead atoms. The van der Waals surface area contributed by atoms with E-state index in [1.165, 1.54) is 6.92 Å². The van der Waals surface area contributed by atoms with Crippen LogP contribution in [0.1, 0.15) is 12.5 Å². The first kappa shape index (κ1) is 23.9. The van der Waals surface area contributed by atoms with E-state index in [0.717, 1.165) is 22.3 Å². The molecule has 0 radical (unpaired) electrons. The zero-order valence-corrected chi connectivity index (χ0v) is 20.7. The van der Waals surface area contributed by atoms with Crippen LogP contribution in [-0.4, -0.2) is 63.6 Å². The number of aliphatic hydroxyl groups excluding tert-OH is 1. The minimum absolute atomic E-state index is 0.0512. The summed E-state index contributed by atoms with van der Waals surface area (Å²) in [4.78, 5) is 23.4. The summed E-state index contributed by atoms with van der Waals surface area (Å²) in [6.07, 6.45) is -1.72. The van der Waals surface area contributed by atoms with Crippen LogP contribution in [0.5, 0.6) is 6.01 Å². The van der Waals surface area contributed by atoms with E-state index in [2.05, 4.69) is 20.3 Å². The number of halogens is 1. The third-order valence-electron chi connectivity index (χ3n) is 6.64. The number of amides is 1. The largest absolute Gasteiger partial charge is 0.456 e. The van der Waals surface area contributed by atoms with Crippen LogP contribution in [0.15, 0.2) is 54.6 Å². The molecule has 10 heteroatoms. The van der Waals surface area contributed by atoms with Gasteiger partial charge in [-0.25, -0.2) is 4.98 Å². The molecule has 0 unspecified atom stereocenters. The average Bonchev–Trinajstić information content (AvgIpc) is 3.59. The molecule has 4 aromatic rings. The van der Waals surface area contributed by atoms with Gasteiger partial charge < -0.3 is 29.6 Å². The van der Waals surface area contributed by atoms with Gasteiger partial charge in [0, 0.05) is 19.0 Å². The number of nitrogens with zero attached hydrogens (tertiary/aromatic N) is 2. The van der Waals surface area contributed by atoms with Crippen LogP contribution in [0.2, 0.25) is 5.02 Å². The van der Waals surface area contributed by atoms with Crippen molar-refractivity contribution in [3.63, 3.8) is 0 Å². The summed E-state index contributed by atoms with van der Waals surface area (Å²) in [5.41, 5.74) is 5.78. The van der Waals surface area contributed by atoms with Crippen molar-refractivity contribution in [1.82, 2.24) is 20.3 Å². The SMILES string of the molecule is CC(=O)NCc1ccc(-c2ccc(-c3nc4nc(O[C@@H]5CO[C@H]6[C@@H]5OC[C@H]6O)[nH]c4cc3Cl)cc2)cc1. The summed E-state index contributed by atoms with van der Waals surface area (Å²) in [5, 5.41) is 13.2. The van der Waals surface area contributed by atoms with Crippen LogP contribution in [0, 0.1) is 0 Å². The van der Waals surface area contributed by atoms with Crippen molar-refractivity contribution in [3.05, 3.63) is 65.2 Å². The molecule has 2 aromatic heterocycles. The summed E-state index contributed by atoms with van der Waals surface area (Å²) < 4.78 is 17.2. The second kappa shape index (κ2) is 9.75. The summed E-state index contributed by atoms with van der Waals surface area (Å²) in [5.74, 6) is -0.0512. The minimum Gasteiger partial charge on any atom is -0.456 e. The van der Waals surface area contributed by atoms with Crippen molar-refractivity contribution in [1.29, 1.82) is 0 Å². The summed E-state index contributed by atoms with van der Waals surface area (Å²) in [7, 11) is 0. The molecule has 6 rings (SSSR count). The zero-order valence-electron chi connectivity index (χ0n) is 20.0. The Balaban J connectivity index is 1.19. The second-order valence-corrected chi connectivity index (χ2v) is 9.64. The highest BCUT2D eigenvalue weighted by atomic mass is 35.5. The average molecular weight is 521 g/mol. The molecule has 3 N–H and O–H groups in total. The number of carbonyl (C=O) groups is 1. The third kappa shape index (κ3) is 4.78. The first-order chi connectivity index (χ1) is 17.9. The number of aliphatic hydroxyl groups is 1. The summed E-state index contributed by atoms with van der Waals surface area (Å²) in [6.45, 7) is 2.56. The number of H-pyrrole nitrogens is 1. The fourth-order valence-corrected chi connectivity index (χ4v) is 4.96. The highest BCUT2D eigenvalue weighted by Crippen LogP contribution is 2.33. The number of aromatic amines is 1. The van der Waals surface area contributed by atoms with Crippen LogP contribution in [0.25, 0.3) is 33.5 Å². The van der Waals surface area contributed by atoms with Gasteiger partial charge >= 0.3 is 0 Å². The second-order valence-electron chi connectivity index (χ2n) is 9.24. The molecule has 4 heterocycles. The Kier molecular flexibility index (Phi) is 6.29. The Hall–Kier alpha value is -3.50. The van der Waals surface area contributed by atoms with E-state index in [4.69, 9.17) is 25.8 Å². The van der Waals surface area contributed by atoms with Gasteiger partial charge in [0.25, 0.3) is 6.01 Å². The molecule has 9 nitrogen and oxygen atoms in total. The number of fused-ring (bicyclic) bond motifs is 2. The van der Waals surface area contributed by atoms with E-state index >= 15 is 0 Å². The van der Waals surface area contributed by atoms with Gasteiger partial charge in [-0.05, 0) is 22.8 Å². The fraction of sp³-hybridized carbons (Fsp3) is 0.296. The quantitative estimate of drug-likeness (QED) is 0.356. The van der Waals surface area contributed by atoms with E-state index in [-0.39, 0.29) is 30.8 Å². The molecule has 1 amide bonds. The van der Waals surface area contributed by atoms with E-state index in [1.54, 1.807) is 6.07 Å². The highest BCUT2D eigenvalue weighted by Gasteiger charge is 2.48. The van der Waals surface area contributed by atoms with E-state index < -0.39 is 6.10 Å². The number of imidazole rings is 1. The molecule has 37 heavy (non-hydrogen) atoms. The molecule has 2 aliphatic rings. The van der Waals surface area contributed by atoms with Gasteiger partial charge in [0.1, 0.15) is 18.3 Å². The molecule has 4 atom stereocenters. The molecule has 0 aliphatic carbocycles. The third-order valence-corrected chi connectivity index (χ3v) is 6.92. The van der Waals surface area contributed by atoms with Crippen molar-refractivity contribution in [2.45, 2.75) is 37.9 Å². The van der Waals surface area contributed by atoms with Crippen LogP contribution in [-0.2, 0) is 20.8 Å². The standard InChI is InChI=1S/C27H25ClN4O5/c1-14(33)29-11-15-2-4-16(5-3-15)17-6-8-18(9-7-17)23-19(28)10-20-26(31-23)32-27(30-20)37-22-13-36-24-21(34)12-35-25(22)24/h2-10,21-22,24-25,34H,11-13H2,1H3,(H,29,33)(H,30,31,32)/t21-,22-,24-,25-/m1/s1. The van der Waals surface area contributed by atoms with Crippen molar-refractivity contribution in [2.75, 3.05) is 13.2 Å². The Morgan fingerprint density at radius 1 is 1.05 bits per heavy atom. The first-order valence-electron chi connectivity index (χ1n) is 12.0. The number of benzene rings is 2. The Morgan fingerprint density at radius 3 is 2.46 bits per heavy atom. The molecular formula is C27H25ClN4O5. The number of hydrogen-bond donors (Lipinski definition) is 3. The molecule has 2 aliphatic heterocycles. The normalized spacial score (nSPS) is 22.8. The Morgan fingerprint density at radius 2 is 1.73 bits per heavy atom. The lowest BCUT2D eigenvalue weighted by atomic mass is 10.0. The maximum absolute atomic E-state index is 11.1. The fourth-order valence-electron chi connectivity index (χ4n) is 4.70. The van der Waals surface area contributed by atoms with E-state index in [1.807, 2.05) is 48.5 Å². The highest BCUT2D eigenvalue weighted by molar-refractivity contribution is 6.33. The molecule has 2 fully saturated rings. The monoisotopic (exact) mass is 520 g/mol. The molecular weight excluding hydrogens is 496 g/mol. The predicted octanol–water partition coefficient (Wildman–Crippen LogP) is 3.49. The molecule has 0 spiro atoms. The maximum atomic E-state index is 11.1. The lowest BCUT2D eigenvalue weighted by Gasteiger charge is -2.15. The maximum Gasteiger partial charge on any atom is 0.296 e.